The molecule has 1 unspecified atom stereocenters. The maximum absolute atomic E-state index is 4.46. The van der Waals surface area contributed by atoms with Crippen molar-refractivity contribution in [3.05, 3.63) is 64.6 Å². The number of pyridine rings is 1. The van der Waals surface area contributed by atoms with Gasteiger partial charge in [0.2, 0.25) is 0 Å². The van der Waals surface area contributed by atoms with Crippen molar-refractivity contribution in [2.75, 3.05) is 0 Å². The van der Waals surface area contributed by atoms with Gasteiger partial charge in [0.05, 0.1) is 0 Å². The second-order valence-corrected chi connectivity index (χ2v) is 7.73. The van der Waals surface area contributed by atoms with Crippen molar-refractivity contribution >= 4 is 10.9 Å². The van der Waals surface area contributed by atoms with Gasteiger partial charge >= 0.3 is 0 Å². The standard InChI is InChI=1S/C23H28N2/c1-16-8-13-22-21(14-16)20-7-5-4-6-19(23(20)25(22)3)12-11-18-10-9-17(2)24-15-18/h8-10,13-15,19H,4-7,11-12H2,1-3H3. The lowest BCUT2D eigenvalue weighted by atomic mass is 9.92. The van der Waals surface area contributed by atoms with Crippen LogP contribution in [-0.4, -0.2) is 9.55 Å². The Morgan fingerprint density at radius 1 is 1.12 bits per heavy atom. The molecule has 0 bridgehead atoms. The van der Waals surface area contributed by atoms with Gasteiger partial charge in [0.25, 0.3) is 0 Å². The molecule has 1 atom stereocenters. The first-order chi connectivity index (χ1) is 12.1. The van der Waals surface area contributed by atoms with Crippen LogP contribution in [0.1, 0.15) is 59.7 Å². The Balaban J connectivity index is 1.68. The van der Waals surface area contributed by atoms with Crippen molar-refractivity contribution in [1.29, 1.82) is 0 Å². The minimum atomic E-state index is 0.663. The van der Waals surface area contributed by atoms with Crippen molar-refractivity contribution in [1.82, 2.24) is 9.55 Å². The van der Waals surface area contributed by atoms with Gasteiger partial charge in [-0.15, -0.1) is 0 Å². The van der Waals surface area contributed by atoms with E-state index in [4.69, 9.17) is 0 Å². The van der Waals surface area contributed by atoms with Gasteiger partial charge in [0, 0.05) is 35.5 Å². The Bertz CT molecular complexity index is 887. The van der Waals surface area contributed by atoms with Gasteiger partial charge in [0.1, 0.15) is 0 Å². The van der Waals surface area contributed by atoms with Crippen LogP contribution >= 0.6 is 0 Å². The highest BCUT2D eigenvalue weighted by atomic mass is 15.0. The molecular formula is C23H28N2. The number of hydrogen-bond acceptors (Lipinski definition) is 1. The van der Waals surface area contributed by atoms with E-state index in [1.54, 1.807) is 11.3 Å². The van der Waals surface area contributed by atoms with E-state index in [1.807, 2.05) is 0 Å². The lowest BCUT2D eigenvalue weighted by Gasteiger charge is -2.18. The molecule has 130 valence electrons. The van der Waals surface area contributed by atoms with E-state index in [0.717, 1.165) is 12.1 Å². The molecular weight excluding hydrogens is 304 g/mol. The fraction of sp³-hybridized carbons (Fsp3) is 0.435. The van der Waals surface area contributed by atoms with Crippen LogP contribution in [0.4, 0.5) is 0 Å². The molecule has 0 radical (unpaired) electrons. The van der Waals surface area contributed by atoms with Crippen LogP contribution in [0.2, 0.25) is 0 Å². The summed E-state index contributed by atoms with van der Waals surface area (Å²) in [6.45, 7) is 4.26. The van der Waals surface area contributed by atoms with Gasteiger partial charge in [-0.1, -0.05) is 24.1 Å². The Labute approximate surface area is 150 Å². The monoisotopic (exact) mass is 332 g/mol. The van der Waals surface area contributed by atoms with Gasteiger partial charge in [-0.05, 0) is 81.2 Å². The normalized spacial score (nSPS) is 17.5. The summed E-state index contributed by atoms with van der Waals surface area (Å²) in [4.78, 5) is 4.46. The van der Waals surface area contributed by atoms with E-state index in [1.165, 1.54) is 54.1 Å². The highest BCUT2D eigenvalue weighted by molar-refractivity contribution is 5.86. The van der Waals surface area contributed by atoms with E-state index < -0.39 is 0 Å². The zero-order chi connectivity index (χ0) is 17.4. The molecule has 1 aromatic carbocycles. The van der Waals surface area contributed by atoms with Gasteiger partial charge in [-0.2, -0.15) is 0 Å². The molecule has 2 nitrogen and oxygen atoms in total. The average molecular weight is 332 g/mol. The number of aryl methyl sites for hydroxylation is 5. The van der Waals surface area contributed by atoms with E-state index >= 15 is 0 Å². The number of aromatic nitrogens is 2. The van der Waals surface area contributed by atoms with Crippen molar-refractivity contribution in [2.24, 2.45) is 7.05 Å². The number of rotatable bonds is 3. The van der Waals surface area contributed by atoms with Gasteiger partial charge < -0.3 is 4.57 Å². The quantitative estimate of drug-likeness (QED) is 0.568. The number of hydrogen-bond donors (Lipinski definition) is 0. The van der Waals surface area contributed by atoms with E-state index in [0.29, 0.717) is 5.92 Å². The van der Waals surface area contributed by atoms with Crippen LogP contribution in [0.5, 0.6) is 0 Å². The zero-order valence-electron chi connectivity index (χ0n) is 15.7. The molecule has 25 heavy (non-hydrogen) atoms. The molecule has 0 N–H and O–H groups in total. The first-order valence-corrected chi connectivity index (χ1v) is 9.63. The number of fused-ring (bicyclic) bond motifs is 3. The second kappa shape index (κ2) is 6.67. The molecule has 2 aromatic heterocycles. The van der Waals surface area contributed by atoms with Gasteiger partial charge in [0.15, 0.2) is 0 Å². The Kier molecular flexibility index (Phi) is 4.37. The van der Waals surface area contributed by atoms with Crippen LogP contribution in [0.25, 0.3) is 10.9 Å². The van der Waals surface area contributed by atoms with Crippen LogP contribution in [0.3, 0.4) is 0 Å². The highest BCUT2D eigenvalue weighted by Gasteiger charge is 2.25. The highest BCUT2D eigenvalue weighted by Crippen LogP contribution is 2.39. The molecule has 3 aromatic rings. The third-order valence-electron chi connectivity index (χ3n) is 5.88. The van der Waals surface area contributed by atoms with Gasteiger partial charge in [-0.25, -0.2) is 0 Å². The molecule has 1 aliphatic carbocycles. The fourth-order valence-corrected chi connectivity index (χ4v) is 4.53. The average Bonchev–Trinajstić information content (AvgIpc) is 2.76. The smallest absolute Gasteiger partial charge is 0.0483 e. The van der Waals surface area contributed by atoms with E-state index in [-0.39, 0.29) is 0 Å². The van der Waals surface area contributed by atoms with Gasteiger partial charge in [-0.3, -0.25) is 4.98 Å². The summed E-state index contributed by atoms with van der Waals surface area (Å²) < 4.78 is 2.48. The minimum absolute atomic E-state index is 0.663. The molecule has 0 fully saturated rings. The zero-order valence-corrected chi connectivity index (χ0v) is 15.7. The van der Waals surface area contributed by atoms with Crippen molar-refractivity contribution < 1.29 is 0 Å². The fourth-order valence-electron chi connectivity index (χ4n) is 4.53. The third-order valence-corrected chi connectivity index (χ3v) is 5.88. The molecule has 0 saturated heterocycles. The van der Waals surface area contributed by atoms with E-state index in [9.17, 15) is 0 Å². The van der Waals surface area contributed by atoms with Crippen molar-refractivity contribution in [3.63, 3.8) is 0 Å². The molecule has 0 aliphatic heterocycles. The molecule has 4 rings (SSSR count). The lowest BCUT2D eigenvalue weighted by molar-refractivity contribution is 0.535. The van der Waals surface area contributed by atoms with Crippen LogP contribution in [0.15, 0.2) is 36.5 Å². The maximum Gasteiger partial charge on any atom is 0.0483 e. The molecule has 2 heterocycles. The van der Waals surface area contributed by atoms with E-state index in [2.05, 4.69) is 67.0 Å². The SMILES string of the molecule is Cc1ccc2c(c1)c1c(n2C)C(CCc2ccc(C)nc2)CCCC1. The second-order valence-electron chi connectivity index (χ2n) is 7.73. The topological polar surface area (TPSA) is 17.8 Å². The van der Waals surface area contributed by atoms with Crippen LogP contribution in [0, 0.1) is 13.8 Å². The summed E-state index contributed by atoms with van der Waals surface area (Å²) >= 11 is 0. The molecule has 0 spiro atoms. The number of nitrogens with zero attached hydrogens (tertiary/aromatic N) is 2. The first-order valence-electron chi connectivity index (χ1n) is 9.63. The first kappa shape index (κ1) is 16.4. The predicted octanol–water partition coefficient (Wildman–Crippen LogP) is 5.63. The molecule has 2 heteroatoms. The predicted molar refractivity (Wildman–Crippen MR) is 105 cm³/mol. The summed E-state index contributed by atoms with van der Waals surface area (Å²) in [5.74, 6) is 0.663. The van der Waals surface area contributed by atoms with Crippen molar-refractivity contribution in [3.8, 4) is 0 Å². The molecule has 0 amide bonds. The maximum atomic E-state index is 4.46. The summed E-state index contributed by atoms with van der Waals surface area (Å²) in [7, 11) is 2.27. The molecule has 0 saturated carbocycles. The summed E-state index contributed by atoms with van der Waals surface area (Å²) in [6.07, 6.45) is 9.62. The summed E-state index contributed by atoms with van der Waals surface area (Å²) in [5, 5.41) is 1.49. The Morgan fingerprint density at radius 3 is 2.80 bits per heavy atom. The Hall–Kier alpha value is -2.09. The minimum Gasteiger partial charge on any atom is -0.347 e. The summed E-state index contributed by atoms with van der Waals surface area (Å²) in [5.41, 5.74) is 8.45. The Morgan fingerprint density at radius 2 is 2.00 bits per heavy atom. The third kappa shape index (κ3) is 3.10. The largest absolute Gasteiger partial charge is 0.347 e. The van der Waals surface area contributed by atoms with Crippen LogP contribution in [-0.2, 0) is 19.9 Å². The summed E-state index contributed by atoms with van der Waals surface area (Å²) in [6, 6.07) is 11.3. The lowest BCUT2D eigenvalue weighted by Crippen LogP contribution is -2.07. The van der Waals surface area contributed by atoms with Crippen LogP contribution < -0.4 is 0 Å². The number of benzene rings is 1. The molecule has 1 aliphatic rings. The van der Waals surface area contributed by atoms with Crippen molar-refractivity contribution in [2.45, 2.75) is 58.3 Å².